The normalized spacial score (nSPS) is 15.4. The average Bonchev–Trinajstić information content (AvgIpc) is 2.69. The molecule has 0 atom stereocenters. The minimum Gasteiger partial charge on any atom is -0.393 e. The highest BCUT2D eigenvalue weighted by molar-refractivity contribution is 5.81. The lowest BCUT2D eigenvalue weighted by molar-refractivity contribution is 0.145. The largest absolute Gasteiger partial charge is 0.393 e. The lowest BCUT2D eigenvalue weighted by Crippen LogP contribution is -2.35. The summed E-state index contributed by atoms with van der Waals surface area (Å²) in [5.41, 5.74) is 2.98. The standard InChI is InChI=1S/C22H26N4O2/c1-15(2)26-20-13-21(23-14-16(20)3-8-22(26)28)24-17-4-6-18(7-5-17)25-11-9-19(27)10-12-25/h3-8,13-15,19,27H,9-12H2,1-2H3,(H,23,24). The number of anilines is 3. The lowest BCUT2D eigenvalue weighted by Gasteiger charge is -2.31. The van der Waals surface area contributed by atoms with E-state index in [4.69, 9.17) is 0 Å². The number of benzene rings is 1. The molecule has 6 heteroatoms. The number of nitrogens with zero attached hydrogens (tertiary/aromatic N) is 3. The Hall–Kier alpha value is -2.86. The van der Waals surface area contributed by atoms with E-state index in [-0.39, 0.29) is 17.7 Å². The fourth-order valence-electron chi connectivity index (χ4n) is 3.78. The molecule has 3 heterocycles. The summed E-state index contributed by atoms with van der Waals surface area (Å²) in [6.07, 6.45) is 3.26. The Balaban J connectivity index is 1.56. The van der Waals surface area contributed by atoms with Crippen molar-refractivity contribution in [2.45, 2.75) is 38.8 Å². The van der Waals surface area contributed by atoms with Crippen molar-refractivity contribution in [1.82, 2.24) is 9.55 Å². The van der Waals surface area contributed by atoms with Crippen LogP contribution in [0.4, 0.5) is 17.2 Å². The number of fused-ring (bicyclic) bond motifs is 1. The first-order chi connectivity index (χ1) is 13.5. The minimum absolute atomic E-state index is 0.00403. The molecule has 1 aromatic carbocycles. The number of aliphatic hydroxyl groups excluding tert-OH is 1. The lowest BCUT2D eigenvalue weighted by atomic mass is 10.1. The number of aliphatic hydroxyl groups is 1. The monoisotopic (exact) mass is 378 g/mol. The van der Waals surface area contributed by atoms with Gasteiger partial charge in [0.05, 0.1) is 11.6 Å². The van der Waals surface area contributed by atoms with Gasteiger partial charge in [0.25, 0.3) is 5.56 Å². The van der Waals surface area contributed by atoms with Crippen molar-refractivity contribution in [3.8, 4) is 0 Å². The van der Waals surface area contributed by atoms with Crippen molar-refractivity contribution >= 4 is 28.1 Å². The van der Waals surface area contributed by atoms with Crippen LogP contribution in [0, 0.1) is 0 Å². The van der Waals surface area contributed by atoms with Gasteiger partial charge in [0.2, 0.25) is 0 Å². The molecule has 0 amide bonds. The van der Waals surface area contributed by atoms with Crippen LogP contribution in [-0.4, -0.2) is 33.9 Å². The number of rotatable bonds is 4. The fourth-order valence-corrected chi connectivity index (χ4v) is 3.78. The first-order valence-electron chi connectivity index (χ1n) is 9.82. The first-order valence-corrected chi connectivity index (χ1v) is 9.82. The number of hydrogen-bond donors (Lipinski definition) is 2. The molecule has 0 radical (unpaired) electrons. The van der Waals surface area contributed by atoms with E-state index in [2.05, 4.69) is 27.3 Å². The van der Waals surface area contributed by atoms with Gasteiger partial charge in [-0.3, -0.25) is 4.79 Å². The molecule has 1 saturated heterocycles. The molecule has 1 aliphatic heterocycles. The maximum atomic E-state index is 12.3. The number of hydrogen-bond acceptors (Lipinski definition) is 5. The van der Waals surface area contributed by atoms with Crippen molar-refractivity contribution in [2.24, 2.45) is 0 Å². The molecule has 2 N–H and O–H groups in total. The summed E-state index contributed by atoms with van der Waals surface area (Å²) in [4.78, 5) is 19.0. The van der Waals surface area contributed by atoms with E-state index in [0.717, 1.165) is 48.2 Å². The number of aromatic nitrogens is 2. The van der Waals surface area contributed by atoms with Crippen LogP contribution in [0.2, 0.25) is 0 Å². The summed E-state index contributed by atoms with van der Waals surface area (Å²) >= 11 is 0. The van der Waals surface area contributed by atoms with Crippen molar-refractivity contribution in [3.63, 3.8) is 0 Å². The summed E-state index contributed by atoms with van der Waals surface area (Å²) in [6, 6.07) is 13.7. The second kappa shape index (κ2) is 7.64. The predicted octanol–water partition coefficient (Wildman–Crippen LogP) is 3.68. The maximum Gasteiger partial charge on any atom is 0.251 e. The van der Waals surface area contributed by atoms with Gasteiger partial charge in [-0.15, -0.1) is 0 Å². The van der Waals surface area contributed by atoms with Gasteiger partial charge in [0.15, 0.2) is 0 Å². The number of nitrogens with one attached hydrogen (secondary N) is 1. The topological polar surface area (TPSA) is 70.4 Å². The van der Waals surface area contributed by atoms with Crippen molar-refractivity contribution in [3.05, 3.63) is 59.0 Å². The highest BCUT2D eigenvalue weighted by atomic mass is 16.3. The van der Waals surface area contributed by atoms with Crippen LogP contribution in [0.5, 0.6) is 0 Å². The third-order valence-corrected chi connectivity index (χ3v) is 5.30. The van der Waals surface area contributed by atoms with Crippen LogP contribution in [0.1, 0.15) is 32.7 Å². The predicted molar refractivity (Wildman–Crippen MR) is 114 cm³/mol. The third-order valence-electron chi connectivity index (χ3n) is 5.30. The van der Waals surface area contributed by atoms with E-state index < -0.39 is 0 Å². The van der Waals surface area contributed by atoms with Gasteiger partial charge in [0.1, 0.15) is 5.82 Å². The Labute approximate surface area is 164 Å². The quantitative estimate of drug-likeness (QED) is 0.725. The molecule has 0 bridgehead atoms. The van der Waals surface area contributed by atoms with Gasteiger partial charge in [-0.2, -0.15) is 0 Å². The molecular weight excluding hydrogens is 352 g/mol. The first kappa shape index (κ1) is 18.5. The molecule has 0 spiro atoms. The van der Waals surface area contributed by atoms with Crippen LogP contribution in [0.3, 0.4) is 0 Å². The molecule has 0 aliphatic carbocycles. The molecule has 1 aliphatic rings. The Kier molecular flexibility index (Phi) is 5.05. The SMILES string of the molecule is CC(C)n1c(=O)ccc2cnc(Nc3ccc(N4CCC(O)CC4)cc3)cc21. The van der Waals surface area contributed by atoms with E-state index in [1.807, 2.05) is 38.1 Å². The van der Waals surface area contributed by atoms with Crippen LogP contribution < -0.4 is 15.8 Å². The van der Waals surface area contributed by atoms with Crippen molar-refractivity contribution in [2.75, 3.05) is 23.3 Å². The van der Waals surface area contributed by atoms with E-state index in [1.165, 1.54) is 0 Å². The summed E-state index contributed by atoms with van der Waals surface area (Å²) in [7, 11) is 0. The smallest absolute Gasteiger partial charge is 0.251 e. The second-order valence-electron chi connectivity index (χ2n) is 7.65. The Morgan fingerprint density at radius 1 is 1.11 bits per heavy atom. The minimum atomic E-state index is -0.167. The van der Waals surface area contributed by atoms with Gasteiger partial charge >= 0.3 is 0 Å². The maximum absolute atomic E-state index is 12.3. The summed E-state index contributed by atoms with van der Waals surface area (Å²) in [6.45, 7) is 5.78. The molecule has 3 aromatic rings. The summed E-state index contributed by atoms with van der Waals surface area (Å²) in [5.74, 6) is 0.710. The molecule has 0 saturated carbocycles. The van der Waals surface area contributed by atoms with Crippen LogP contribution in [0.25, 0.3) is 10.9 Å². The molecule has 146 valence electrons. The molecule has 2 aromatic heterocycles. The molecular formula is C22H26N4O2. The van der Waals surface area contributed by atoms with Gasteiger partial charge in [-0.25, -0.2) is 4.98 Å². The van der Waals surface area contributed by atoms with Crippen LogP contribution in [0.15, 0.2) is 53.5 Å². The van der Waals surface area contributed by atoms with E-state index in [9.17, 15) is 9.90 Å². The van der Waals surface area contributed by atoms with Crippen molar-refractivity contribution in [1.29, 1.82) is 0 Å². The highest BCUT2D eigenvalue weighted by Crippen LogP contribution is 2.25. The summed E-state index contributed by atoms with van der Waals surface area (Å²) in [5, 5.41) is 13.9. The highest BCUT2D eigenvalue weighted by Gasteiger charge is 2.17. The van der Waals surface area contributed by atoms with Gasteiger partial charge in [0, 0.05) is 54.2 Å². The zero-order chi connectivity index (χ0) is 19.7. The van der Waals surface area contributed by atoms with Crippen LogP contribution >= 0.6 is 0 Å². The Morgan fingerprint density at radius 3 is 2.50 bits per heavy atom. The second-order valence-corrected chi connectivity index (χ2v) is 7.65. The molecule has 0 unspecified atom stereocenters. The van der Waals surface area contributed by atoms with Crippen molar-refractivity contribution < 1.29 is 5.11 Å². The van der Waals surface area contributed by atoms with Crippen LogP contribution in [-0.2, 0) is 0 Å². The molecule has 4 rings (SSSR count). The van der Waals surface area contributed by atoms with E-state index in [1.54, 1.807) is 16.8 Å². The van der Waals surface area contributed by atoms with Gasteiger partial charge in [-0.1, -0.05) is 0 Å². The number of piperidine rings is 1. The Morgan fingerprint density at radius 2 is 1.82 bits per heavy atom. The summed E-state index contributed by atoms with van der Waals surface area (Å²) < 4.78 is 1.79. The van der Waals surface area contributed by atoms with Gasteiger partial charge in [-0.05, 0) is 57.0 Å². The molecule has 1 fully saturated rings. The zero-order valence-electron chi connectivity index (χ0n) is 16.3. The average molecular weight is 378 g/mol. The zero-order valence-corrected chi connectivity index (χ0v) is 16.3. The molecule has 28 heavy (non-hydrogen) atoms. The number of pyridine rings is 2. The fraction of sp³-hybridized carbons (Fsp3) is 0.364. The van der Waals surface area contributed by atoms with E-state index >= 15 is 0 Å². The molecule has 6 nitrogen and oxygen atoms in total. The Bertz CT molecular complexity index is 1020. The van der Waals surface area contributed by atoms with E-state index in [0.29, 0.717) is 5.82 Å². The third kappa shape index (κ3) is 3.73. The van der Waals surface area contributed by atoms with Gasteiger partial charge < -0.3 is 19.9 Å².